The predicted molar refractivity (Wildman–Crippen MR) is 133 cm³/mol. The molecule has 1 atom stereocenters. The second-order valence-electron chi connectivity index (χ2n) is 8.44. The third kappa shape index (κ3) is 4.80. The fourth-order valence-corrected chi connectivity index (χ4v) is 4.14. The van der Waals surface area contributed by atoms with Crippen LogP contribution in [0.4, 0.5) is 5.95 Å². The van der Waals surface area contributed by atoms with Gasteiger partial charge in [-0.25, -0.2) is 9.48 Å². The van der Waals surface area contributed by atoms with Crippen molar-refractivity contribution < 1.29 is 14.3 Å². The molecule has 0 amide bonds. The van der Waals surface area contributed by atoms with Crippen LogP contribution in [0.15, 0.2) is 96.5 Å². The van der Waals surface area contributed by atoms with Crippen LogP contribution >= 0.6 is 0 Å². The molecule has 4 aromatic rings. The maximum atomic E-state index is 13.2. The molecule has 0 saturated heterocycles. The van der Waals surface area contributed by atoms with Crippen LogP contribution < -0.4 is 10.1 Å². The number of benzene rings is 3. The van der Waals surface area contributed by atoms with Gasteiger partial charge < -0.3 is 14.8 Å². The molecule has 1 aliphatic rings. The summed E-state index contributed by atoms with van der Waals surface area (Å²) in [7, 11) is 0. The molecular formula is C28H26N4O3. The Balaban J connectivity index is 1.38. The van der Waals surface area contributed by atoms with Gasteiger partial charge in [-0.1, -0.05) is 66.7 Å². The predicted octanol–water partition coefficient (Wildman–Crippen LogP) is 5.20. The monoisotopic (exact) mass is 466 g/mol. The number of carbonyl (C=O) groups excluding carboxylic acids is 1. The van der Waals surface area contributed by atoms with Crippen LogP contribution in [-0.2, 0) is 22.7 Å². The van der Waals surface area contributed by atoms with Gasteiger partial charge in [-0.15, -0.1) is 0 Å². The Morgan fingerprint density at radius 3 is 2.46 bits per heavy atom. The first-order chi connectivity index (χ1) is 17.1. The van der Waals surface area contributed by atoms with Gasteiger partial charge in [-0.05, 0) is 48.2 Å². The molecule has 1 aromatic heterocycles. The summed E-state index contributed by atoms with van der Waals surface area (Å²) in [5, 5.41) is 7.55. The van der Waals surface area contributed by atoms with E-state index < -0.39 is 12.0 Å². The van der Waals surface area contributed by atoms with E-state index in [2.05, 4.69) is 34.5 Å². The minimum absolute atomic E-state index is 0.194. The van der Waals surface area contributed by atoms with Gasteiger partial charge >= 0.3 is 5.97 Å². The van der Waals surface area contributed by atoms with Crippen molar-refractivity contribution >= 4 is 11.9 Å². The Bertz CT molecular complexity index is 1360. The molecule has 0 bridgehead atoms. The number of fused-ring (bicyclic) bond motifs is 1. The summed E-state index contributed by atoms with van der Waals surface area (Å²) in [4.78, 5) is 17.5. The Hall–Kier alpha value is -4.39. The van der Waals surface area contributed by atoms with E-state index in [0.717, 1.165) is 22.4 Å². The van der Waals surface area contributed by atoms with E-state index in [4.69, 9.17) is 9.47 Å². The second-order valence-corrected chi connectivity index (χ2v) is 8.44. The summed E-state index contributed by atoms with van der Waals surface area (Å²) < 4.78 is 13.4. The van der Waals surface area contributed by atoms with E-state index in [1.807, 2.05) is 73.7 Å². The highest BCUT2D eigenvalue weighted by molar-refractivity contribution is 5.92. The zero-order valence-electron chi connectivity index (χ0n) is 19.6. The zero-order valence-corrected chi connectivity index (χ0v) is 19.6. The van der Waals surface area contributed by atoms with Crippen molar-refractivity contribution in [3.63, 3.8) is 0 Å². The summed E-state index contributed by atoms with van der Waals surface area (Å²) in [5.74, 6) is 0.926. The Labute approximate surface area is 204 Å². The SMILES string of the molecule is CC1=C(C(=O)OCc2ccccc2)C(c2ccc(OCc3ccccc3C)cc2)n2ncnc2N1. The third-order valence-electron chi connectivity index (χ3n) is 6.08. The standard InChI is InChI=1S/C28H26N4O3/c1-19-8-6-7-11-23(19)17-34-24-14-12-22(13-15-24)26-25(20(2)31-28-29-18-30-32(26)28)27(33)35-16-21-9-4-3-5-10-21/h3-15,18,26H,16-17H2,1-2H3,(H,29,30,31). The van der Waals surface area contributed by atoms with E-state index in [-0.39, 0.29) is 6.61 Å². The molecule has 0 saturated carbocycles. The van der Waals surface area contributed by atoms with Crippen molar-refractivity contribution in [3.8, 4) is 5.75 Å². The molecule has 176 valence electrons. The highest BCUT2D eigenvalue weighted by atomic mass is 16.5. The Morgan fingerprint density at radius 2 is 1.69 bits per heavy atom. The van der Waals surface area contributed by atoms with Gasteiger partial charge in [0, 0.05) is 5.70 Å². The summed E-state index contributed by atoms with van der Waals surface area (Å²) >= 11 is 0. The number of carbonyl (C=O) groups is 1. The molecule has 0 aliphatic carbocycles. The maximum Gasteiger partial charge on any atom is 0.338 e. The largest absolute Gasteiger partial charge is 0.489 e. The molecule has 1 unspecified atom stereocenters. The van der Waals surface area contributed by atoms with E-state index in [0.29, 0.717) is 23.8 Å². The molecule has 2 heterocycles. The molecule has 3 aromatic carbocycles. The summed E-state index contributed by atoms with van der Waals surface area (Å²) in [6.07, 6.45) is 1.47. The smallest absolute Gasteiger partial charge is 0.338 e. The first-order valence-electron chi connectivity index (χ1n) is 11.5. The molecule has 35 heavy (non-hydrogen) atoms. The number of aromatic nitrogens is 3. The third-order valence-corrected chi connectivity index (χ3v) is 6.08. The number of nitrogens with zero attached hydrogens (tertiary/aromatic N) is 3. The first kappa shape index (κ1) is 22.4. The number of esters is 1. The van der Waals surface area contributed by atoms with Gasteiger partial charge in [-0.3, -0.25) is 0 Å². The van der Waals surface area contributed by atoms with E-state index in [1.165, 1.54) is 11.9 Å². The van der Waals surface area contributed by atoms with Gasteiger partial charge in [0.05, 0.1) is 5.57 Å². The zero-order chi connectivity index (χ0) is 24.2. The van der Waals surface area contributed by atoms with Gasteiger partial charge in [0.1, 0.15) is 31.3 Å². The number of rotatable bonds is 7. The molecular weight excluding hydrogens is 440 g/mol. The van der Waals surface area contributed by atoms with Crippen molar-refractivity contribution in [3.05, 3.63) is 119 Å². The molecule has 5 rings (SSSR count). The Kier molecular flexibility index (Phi) is 6.30. The molecule has 1 N–H and O–H groups in total. The van der Waals surface area contributed by atoms with Gasteiger partial charge in [0.25, 0.3) is 0 Å². The number of aryl methyl sites for hydroxylation is 1. The molecule has 7 nitrogen and oxygen atoms in total. The van der Waals surface area contributed by atoms with Crippen molar-refractivity contribution in [2.45, 2.75) is 33.1 Å². The molecule has 7 heteroatoms. The van der Waals surface area contributed by atoms with Crippen LogP contribution in [0.3, 0.4) is 0 Å². The lowest BCUT2D eigenvalue weighted by atomic mass is 9.95. The fraction of sp³-hybridized carbons (Fsp3) is 0.179. The highest BCUT2D eigenvalue weighted by Gasteiger charge is 2.34. The lowest BCUT2D eigenvalue weighted by Crippen LogP contribution is -2.29. The first-order valence-corrected chi connectivity index (χ1v) is 11.5. The van der Waals surface area contributed by atoms with E-state index in [1.54, 1.807) is 4.68 Å². The van der Waals surface area contributed by atoms with Crippen LogP contribution in [0.2, 0.25) is 0 Å². The van der Waals surface area contributed by atoms with Gasteiger partial charge in [-0.2, -0.15) is 10.1 Å². The van der Waals surface area contributed by atoms with E-state index >= 15 is 0 Å². The average Bonchev–Trinajstić information content (AvgIpc) is 3.35. The summed E-state index contributed by atoms with van der Waals surface area (Å²) in [6, 6.07) is 25.0. The summed E-state index contributed by atoms with van der Waals surface area (Å²) in [5.41, 5.74) is 5.32. The topological polar surface area (TPSA) is 78.3 Å². The number of hydrogen-bond donors (Lipinski definition) is 1. The second kappa shape index (κ2) is 9.85. The molecule has 1 aliphatic heterocycles. The van der Waals surface area contributed by atoms with E-state index in [9.17, 15) is 4.79 Å². The molecule has 0 fully saturated rings. The van der Waals surface area contributed by atoms with Gasteiger partial charge in [0.2, 0.25) is 5.95 Å². The number of anilines is 1. The quantitative estimate of drug-likeness (QED) is 0.377. The average molecular weight is 467 g/mol. The van der Waals surface area contributed by atoms with Crippen molar-refractivity contribution in [2.24, 2.45) is 0 Å². The lowest BCUT2D eigenvalue weighted by Gasteiger charge is -2.28. The normalized spacial score (nSPS) is 14.7. The number of ether oxygens (including phenoxy) is 2. The Morgan fingerprint density at radius 1 is 0.943 bits per heavy atom. The maximum absolute atomic E-state index is 13.2. The lowest BCUT2D eigenvalue weighted by molar-refractivity contribution is -0.140. The van der Waals surface area contributed by atoms with Crippen LogP contribution in [0.5, 0.6) is 5.75 Å². The van der Waals surface area contributed by atoms with Crippen LogP contribution in [0.1, 0.15) is 35.2 Å². The van der Waals surface area contributed by atoms with Gasteiger partial charge in [0.15, 0.2) is 0 Å². The minimum Gasteiger partial charge on any atom is -0.489 e. The van der Waals surface area contributed by atoms with Crippen molar-refractivity contribution in [1.82, 2.24) is 14.8 Å². The highest BCUT2D eigenvalue weighted by Crippen LogP contribution is 2.36. The molecule has 0 radical (unpaired) electrons. The number of nitrogens with one attached hydrogen (secondary N) is 1. The van der Waals surface area contributed by atoms with Crippen LogP contribution in [-0.4, -0.2) is 20.7 Å². The fourth-order valence-electron chi connectivity index (χ4n) is 4.14. The number of hydrogen-bond acceptors (Lipinski definition) is 6. The van der Waals surface area contributed by atoms with Crippen LogP contribution in [0.25, 0.3) is 0 Å². The summed E-state index contributed by atoms with van der Waals surface area (Å²) in [6.45, 7) is 4.60. The van der Waals surface area contributed by atoms with Crippen molar-refractivity contribution in [1.29, 1.82) is 0 Å². The molecule has 0 spiro atoms. The number of allylic oxidation sites excluding steroid dienone is 1. The van der Waals surface area contributed by atoms with Crippen molar-refractivity contribution in [2.75, 3.05) is 5.32 Å². The van der Waals surface area contributed by atoms with Crippen LogP contribution in [0, 0.1) is 6.92 Å². The minimum atomic E-state index is -0.470.